The molecule has 12 heteroatoms. The van der Waals surface area contributed by atoms with Crippen LogP contribution >= 0.6 is 0 Å². The number of nitrogens with zero attached hydrogens (tertiary/aromatic N) is 2. The van der Waals surface area contributed by atoms with Crippen LogP contribution in [-0.4, -0.2) is 71.1 Å². The van der Waals surface area contributed by atoms with Crippen molar-refractivity contribution in [1.82, 2.24) is 14.6 Å². The fraction of sp³-hybridized carbons (Fsp3) is 0.765. The molecule has 0 spiro atoms. The minimum absolute atomic E-state index is 0.240. The highest BCUT2D eigenvalue weighted by molar-refractivity contribution is 5.05. The molecule has 2 rings (SSSR count). The highest BCUT2D eigenvalue weighted by atomic mass is 19.1. The molecule has 6 N–H and O–H groups in total. The number of ether oxygens (including phenoxy) is 1. The number of aromatic amines is 1. The number of unbranched alkanes of at least 4 members (excludes halogenated alkanes) is 4. The van der Waals surface area contributed by atoms with Crippen LogP contribution in [0.3, 0.4) is 0 Å². The summed E-state index contributed by atoms with van der Waals surface area (Å²) in [5.74, 6) is -3.22. The number of aliphatic hydroxyl groups excluding tert-OH is 2. The van der Waals surface area contributed by atoms with Gasteiger partial charge < -0.3 is 30.4 Å². The van der Waals surface area contributed by atoms with Gasteiger partial charge in [-0.3, -0.25) is 9.78 Å². The maximum absolute atomic E-state index is 14.7. The largest absolute Gasteiger partial charge is 0.394 e. The van der Waals surface area contributed by atoms with E-state index in [9.17, 15) is 39.6 Å². The molecule has 166 valence electrons. The Morgan fingerprint density at radius 3 is 2.55 bits per heavy atom. The summed E-state index contributed by atoms with van der Waals surface area (Å²) in [6.07, 6.45) is -1.79. The van der Waals surface area contributed by atoms with Crippen LogP contribution in [0.1, 0.15) is 45.4 Å². The molecule has 0 saturated carbocycles. The number of halogens is 1. The van der Waals surface area contributed by atoms with Gasteiger partial charge in [0.05, 0.1) is 6.61 Å². The second-order valence-corrected chi connectivity index (χ2v) is 7.08. The molecule has 0 aromatic carbocycles. The van der Waals surface area contributed by atoms with Crippen molar-refractivity contribution in [2.75, 3.05) is 6.61 Å². The minimum atomic E-state index is -3.27. The molecule has 1 aliphatic heterocycles. The van der Waals surface area contributed by atoms with E-state index in [4.69, 9.17) is 4.74 Å². The molecular weight excluding hydrogens is 393 g/mol. The van der Waals surface area contributed by atoms with E-state index in [1.165, 1.54) is 0 Å². The van der Waals surface area contributed by atoms with E-state index in [0.717, 1.165) is 31.5 Å². The summed E-state index contributed by atoms with van der Waals surface area (Å²) in [6.45, 7) is 1.09. The molecule has 0 amide bonds. The molecular formula is C17H28FN3O8. The van der Waals surface area contributed by atoms with Crippen LogP contribution in [0.2, 0.25) is 0 Å². The third-order valence-electron chi connectivity index (χ3n) is 5.05. The predicted molar refractivity (Wildman–Crippen MR) is 96.3 cm³/mol. The Morgan fingerprint density at radius 2 is 1.97 bits per heavy atom. The Balaban J connectivity index is 2.35. The quantitative estimate of drug-likeness (QED) is 0.119. The average molecular weight is 421 g/mol. The van der Waals surface area contributed by atoms with E-state index in [1.54, 1.807) is 0 Å². The van der Waals surface area contributed by atoms with Crippen molar-refractivity contribution in [3.63, 3.8) is 0 Å². The summed E-state index contributed by atoms with van der Waals surface area (Å²) in [7, 11) is 0. The Hall–Kier alpha value is -1.67. The molecule has 2 heterocycles. The zero-order valence-electron chi connectivity index (χ0n) is 16.1. The summed E-state index contributed by atoms with van der Waals surface area (Å²) in [4.78, 5) is 25.2. The van der Waals surface area contributed by atoms with Gasteiger partial charge in [0, 0.05) is 12.3 Å². The molecule has 1 unspecified atom stereocenters. The number of hydroxylamine groups is 2. The van der Waals surface area contributed by atoms with Gasteiger partial charge >= 0.3 is 11.6 Å². The van der Waals surface area contributed by atoms with Gasteiger partial charge in [-0.15, -0.1) is 5.06 Å². The molecule has 1 aromatic rings. The number of rotatable bonds is 10. The van der Waals surface area contributed by atoms with Crippen molar-refractivity contribution in [2.45, 2.75) is 75.6 Å². The molecule has 0 radical (unpaired) electrons. The molecule has 0 bridgehead atoms. The van der Waals surface area contributed by atoms with Crippen LogP contribution in [0.4, 0.5) is 4.39 Å². The van der Waals surface area contributed by atoms with E-state index in [0.29, 0.717) is 12.8 Å². The first-order chi connectivity index (χ1) is 13.6. The Labute approximate surface area is 165 Å². The molecule has 29 heavy (non-hydrogen) atoms. The average Bonchev–Trinajstić information content (AvgIpc) is 2.89. The third kappa shape index (κ3) is 4.28. The van der Waals surface area contributed by atoms with Gasteiger partial charge in [0.25, 0.3) is 5.56 Å². The predicted octanol–water partition coefficient (Wildman–Crippen LogP) is -1.07. The van der Waals surface area contributed by atoms with Gasteiger partial charge in [-0.25, -0.2) is 13.8 Å². The minimum Gasteiger partial charge on any atom is -0.394 e. The lowest BCUT2D eigenvalue weighted by atomic mass is 10.00. The SMILES string of the molecule is CCCCCCCC(F)N(O)[C@@]1(O)[C@H](O)[C@@H](CO)O[C@]1(O)n1ccc(=O)[nH]c1=O. The van der Waals surface area contributed by atoms with Crippen molar-refractivity contribution in [3.8, 4) is 0 Å². The molecule has 11 nitrogen and oxygen atoms in total. The third-order valence-corrected chi connectivity index (χ3v) is 5.05. The maximum Gasteiger partial charge on any atom is 0.332 e. The lowest BCUT2D eigenvalue weighted by molar-refractivity contribution is -0.428. The standard InChI is InChI=1S/C17H28FN3O8/c1-2-3-4-5-6-7-12(18)21(28)16(26)14(24)11(10-22)29-17(16,27)20-9-8-13(23)19-15(20)25/h8-9,11-12,14,22,24,26-28H,2-7,10H2,1H3,(H,19,23,25)/t11-,12?,14-,16-,17+/m1/s1. The van der Waals surface area contributed by atoms with E-state index >= 15 is 0 Å². The number of nitrogens with one attached hydrogen (secondary N) is 1. The molecule has 0 aliphatic carbocycles. The number of alkyl halides is 1. The van der Waals surface area contributed by atoms with E-state index in [2.05, 4.69) is 0 Å². The summed E-state index contributed by atoms with van der Waals surface area (Å²) < 4.78 is 20.0. The van der Waals surface area contributed by atoms with Crippen LogP contribution in [0.15, 0.2) is 21.9 Å². The lowest BCUT2D eigenvalue weighted by Crippen LogP contribution is -2.69. The highest BCUT2D eigenvalue weighted by Gasteiger charge is 2.71. The molecule has 1 aromatic heterocycles. The first-order valence-corrected chi connectivity index (χ1v) is 9.49. The van der Waals surface area contributed by atoms with Crippen LogP contribution in [0.25, 0.3) is 0 Å². The van der Waals surface area contributed by atoms with Crippen LogP contribution in [0, 0.1) is 0 Å². The van der Waals surface area contributed by atoms with Crippen molar-refractivity contribution in [1.29, 1.82) is 0 Å². The lowest BCUT2D eigenvalue weighted by Gasteiger charge is -2.43. The monoisotopic (exact) mass is 421 g/mol. The Bertz CT molecular complexity index is 788. The number of H-pyrrole nitrogens is 1. The fourth-order valence-electron chi connectivity index (χ4n) is 3.38. The zero-order chi connectivity index (χ0) is 21.8. The van der Waals surface area contributed by atoms with Crippen molar-refractivity contribution >= 4 is 0 Å². The van der Waals surface area contributed by atoms with Crippen LogP contribution in [-0.2, 0) is 10.6 Å². The summed E-state index contributed by atoms with van der Waals surface area (Å²) >= 11 is 0. The van der Waals surface area contributed by atoms with Crippen molar-refractivity contribution < 1.29 is 34.8 Å². The zero-order valence-corrected chi connectivity index (χ0v) is 16.1. The summed E-state index contributed by atoms with van der Waals surface area (Å²) in [5.41, 5.74) is -5.36. The number of hydrogen-bond donors (Lipinski definition) is 6. The Kier molecular flexibility index (Phi) is 7.67. The van der Waals surface area contributed by atoms with Crippen LogP contribution < -0.4 is 11.2 Å². The van der Waals surface area contributed by atoms with Gasteiger partial charge in [-0.05, 0) is 12.8 Å². The first kappa shape index (κ1) is 23.6. The van der Waals surface area contributed by atoms with Gasteiger partial charge in [0.15, 0.2) is 6.30 Å². The second kappa shape index (κ2) is 9.43. The van der Waals surface area contributed by atoms with Crippen molar-refractivity contribution in [3.05, 3.63) is 33.1 Å². The van der Waals surface area contributed by atoms with E-state index < -0.39 is 48.0 Å². The van der Waals surface area contributed by atoms with Gasteiger partial charge in [0.2, 0.25) is 5.72 Å². The molecule has 1 aliphatic rings. The number of hydrogen-bond acceptors (Lipinski definition) is 9. The highest BCUT2D eigenvalue weighted by Crippen LogP contribution is 2.44. The van der Waals surface area contributed by atoms with E-state index in [-0.39, 0.29) is 16.1 Å². The van der Waals surface area contributed by atoms with E-state index in [1.807, 2.05) is 11.9 Å². The summed E-state index contributed by atoms with van der Waals surface area (Å²) in [5, 5.41) is 51.6. The van der Waals surface area contributed by atoms with Gasteiger partial charge in [-0.1, -0.05) is 32.6 Å². The number of aliphatic hydroxyl groups is 4. The van der Waals surface area contributed by atoms with Crippen molar-refractivity contribution in [2.24, 2.45) is 0 Å². The smallest absolute Gasteiger partial charge is 0.332 e. The maximum atomic E-state index is 14.7. The van der Waals surface area contributed by atoms with Crippen LogP contribution in [0.5, 0.6) is 0 Å². The van der Waals surface area contributed by atoms with Gasteiger partial charge in [0.1, 0.15) is 12.2 Å². The molecule has 1 saturated heterocycles. The summed E-state index contributed by atoms with van der Waals surface area (Å²) in [6, 6.07) is 0.810. The van der Waals surface area contributed by atoms with Gasteiger partial charge in [-0.2, -0.15) is 0 Å². The fourth-order valence-corrected chi connectivity index (χ4v) is 3.38. The molecule has 1 fully saturated rings. The second-order valence-electron chi connectivity index (χ2n) is 7.08. The Morgan fingerprint density at radius 1 is 1.31 bits per heavy atom. The number of aromatic nitrogens is 2. The topological polar surface area (TPSA) is 168 Å². The first-order valence-electron chi connectivity index (χ1n) is 9.49. The molecule has 5 atom stereocenters. The normalized spacial score (nSPS) is 30.8.